The number of benzene rings is 2. The highest BCUT2D eigenvalue weighted by atomic mass is 32.1. The number of carbonyl (C=O) groups excluding carboxylic acids is 2. The number of allylic oxidation sites excluding steroid dienone is 1. The van der Waals surface area contributed by atoms with Crippen molar-refractivity contribution in [2.75, 3.05) is 6.61 Å². The summed E-state index contributed by atoms with van der Waals surface area (Å²) in [6, 6.07) is 15.5. The van der Waals surface area contributed by atoms with Crippen molar-refractivity contribution in [3.8, 4) is 5.75 Å². The van der Waals surface area contributed by atoms with Gasteiger partial charge in [-0.25, -0.2) is 9.79 Å². The van der Waals surface area contributed by atoms with Gasteiger partial charge in [-0.3, -0.25) is 14.2 Å². The van der Waals surface area contributed by atoms with Gasteiger partial charge in [0.2, 0.25) is 0 Å². The van der Waals surface area contributed by atoms with E-state index in [2.05, 4.69) is 11.6 Å². The van der Waals surface area contributed by atoms with E-state index in [1.807, 2.05) is 30.3 Å². The van der Waals surface area contributed by atoms with E-state index in [1.54, 1.807) is 37.3 Å². The molecule has 0 amide bonds. The van der Waals surface area contributed by atoms with Crippen LogP contribution in [-0.2, 0) is 14.3 Å². The molecule has 0 N–H and O–H groups in total. The molecule has 7 nitrogen and oxygen atoms in total. The molecule has 4 rings (SSSR count). The topological polar surface area (TPSA) is 87.0 Å². The zero-order chi connectivity index (χ0) is 24.2. The average Bonchev–Trinajstić information content (AvgIpc) is 3.12. The molecule has 2 aromatic carbocycles. The van der Waals surface area contributed by atoms with Crippen molar-refractivity contribution in [1.29, 1.82) is 0 Å². The molecule has 0 radical (unpaired) electrons. The van der Waals surface area contributed by atoms with Crippen molar-refractivity contribution in [3.63, 3.8) is 0 Å². The van der Waals surface area contributed by atoms with Gasteiger partial charge in [0.05, 0.1) is 21.8 Å². The second kappa shape index (κ2) is 9.84. The number of esters is 2. The van der Waals surface area contributed by atoms with E-state index in [4.69, 9.17) is 9.47 Å². The van der Waals surface area contributed by atoms with Crippen LogP contribution in [0.3, 0.4) is 0 Å². The van der Waals surface area contributed by atoms with Crippen LogP contribution in [0.2, 0.25) is 0 Å². The lowest BCUT2D eigenvalue weighted by molar-refractivity contribution is -0.138. The number of nitrogens with zero attached hydrogens (tertiary/aromatic N) is 2. The normalized spacial score (nSPS) is 15.4. The molecule has 0 aliphatic carbocycles. The van der Waals surface area contributed by atoms with E-state index in [1.165, 1.54) is 28.9 Å². The molecule has 1 aliphatic heterocycles. The van der Waals surface area contributed by atoms with E-state index < -0.39 is 18.0 Å². The molecule has 1 aliphatic rings. The summed E-state index contributed by atoms with van der Waals surface area (Å²) in [7, 11) is 0. The Morgan fingerprint density at radius 1 is 1.15 bits per heavy atom. The SMILES string of the molecule is C=CCOC(=O)C1=C(C)N=c2s/c(=C\c3ccc(OC(C)=O)cc3)c(=O)n2C1c1ccccc1. The van der Waals surface area contributed by atoms with E-state index in [9.17, 15) is 14.4 Å². The lowest BCUT2D eigenvalue weighted by Gasteiger charge is -2.24. The van der Waals surface area contributed by atoms with Crippen LogP contribution >= 0.6 is 11.3 Å². The number of hydrogen-bond donors (Lipinski definition) is 0. The number of carbonyl (C=O) groups is 2. The first-order valence-corrected chi connectivity index (χ1v) is 11.3. The lowest BCUT2D eigenvalue weighted by Crippen LogP contribution is -2.39. The fraction of sp³-hybridized carbons (Fsp3) is 0.154. The number of aromatic nitrogens is 1. The molecule has 1 atom stereocenters. The third kappa shape index (κ3) is 4.67. The Kier molecular flexibility index (Phi) is 6.70. The Bertz CT molecular complexity index is 1460. The number of ether oxygens (including phenoxy) is 2. The van der Waals surface area contributed by atoms with E-state index in [0.29, 0.717) is 26.4 Å². The molecule has 8 heteroatoms. The summed E-state index contributed by atoms with van der Waals surface area (Å²) in [5.74, 6) is -0.515. The van der Waals surface area contributed by atoms with Crippen LogP contribution in [0.15, 0.2) is 88.3 Å². The number of rotatable bonds is 6. The highest BCUT2D eigenvalue weighted by Crippen LogP contribution is 2.30. The zero-order valence-corrected chi connectivity index (χ0v) is 19.5. The second-order valence-electron chi connectivity index (χ2n) is 7.54. The maximum absolute atomic E-state index is 13.5. The summed E-state index contributed by atoms with van der Waals surface area (Å²) in [5, 5.41) is 0. The Hall–Kier alpha value is -4.04. The third-order valence-corrected chi connectivity index (χ3v) is 6.11. The second-order valence-corrected chi connectivity index (χ2v) is 8.55. The average molecular weight is 475 g/mol. The molecular formula is C26H22N2O5S. The number of hydrogen-bond acceptors (Lipinski definition) is 7. The zero-order valence-electron chi connectivity index (χ0n) is 18.7. The molecule has 0 bridgehead atoms. The standard InChI is InChI=1S/C26H22N2O5S/c1-4-14-32-25(31)22-16(2)27-26-28(23(22)19-8-6-5-7-9-19)24(30)21(34-26)15-18-10-12-20(13-11-18)33-17(3)29/h4-13,15,23H,1,14H2,2-3H3/b21-15-. The van der Waals surface area contributed by atoms with Gasteiger partial charge < -0.3 is 9.47 Å². The number of thiazole rings is 1. The molecule has 0 saturated carbocycles. The Labute approximate surface area is 199 Å². The fourth-order valence-electron chi connectivity index (χ4n) is 3.70. The molecular weight excluding hydrogens is 452 g/mol. The summed E-state index contributed by atoms with van der Waals surface area (Å²) in [5.41, 5.74) is 2.10. The summed E-state index contributed by atoms with van der Waals surface area (Å²) >= 11 is 1.25. The molecule has 0 spiro atoms. The van der Waals surface area contributed by atoms with Crippen molar-refractivity contribution in [1.82, 2.24) is 4.57 Å². The smallest absolute Gasteiger partial charge is 0.338 e. The van der Waals surface area contributed by atoms with Gasteiger partial charge in [-0.2, -0.15) is 0 Å². The van der Waals surface area contributed by atoms with Crippen LogP contribution in [0.1, 0.15) is 31.0 Å². The summed E-state index contributed by atoms with van der Waals surface area (Å²) in [6.45, 7) is 6.72. The molecule has 3 aromatic rings. The van der Waals surface area contributed by atoms with Gasteiger partial charge in [0.1, 0.15) is 12.4 Å². The van der Waals surface area contributed by atoms with E-state index >= 15 is 0 Å². The van der Waals surface area contributed by atoms with Gasteiger partial charge in [-0.15, -0.1) is 0 Å². The van der Waals surface area contributed by atoms with Gasteiger partial charge >= 0.3 is 11.9 Å². The van der Waals surface area contributed by atoms with Crippen LogP contribution in [0.25, 0.3) is 6.08 Å². The highest BCUT2D eigenvalue weighted by molar-refractivity contribution is 7.07. The van der Waals surface area contributed by atoms with E-state index in [0.717, 1.165) is 11.1 Å². The fourth-order valence-corrected chi connectivity index (χ4v) is 4.74. The summed E-state index contributed by atoms with van der Waals surface area (Å²) < 4.78 is 12.4. The first-order chi connectivity index (χ1) is 16.4. The Balaban J connectivity index is 1.84. The molecule has 1 aromatic heterocycles. The molecule has 0 saturated heterocycles. The Morgan fingerprint density at radius 2 is 1.85 bits per heavy atom. The van der Waals surface area contributed by atoms with Crippen molar-refractivity contribution in [2.45, 2.75) is 19.9 Å². The Morgan fingerprint density at radius 3 is 2.50 bits per heavy atom. The van der Waals surface area contributed by atoms with Crippen molar-refractivity contribution < 1.29 is 19.1 Å². The van der Waals surface area contributed by atoms with Gasteiger partial charge in [-0.1, -0.05) is 66.5 Å². The first kappa shape index (κ1) is 23.1. The van der Waals surface area contributed by atoms with Crippen molar-refractivity contribution in [3.05, 3.63) is 109 Å². The van der Waals surface area contributed by atoms with Crippen LogP contribution in [0.4, 0.5) is 0 Å². The van der Waals surface area contributed by atoms with Gasteiger partial charge in [0, 0.05) is 6.92 Å². The predicted molar refractivity (Wildman–Crippen MR) is 129 cm³/mol. The van der Waals surface area contributed by atoms with Crippen LogP contribution in [-0.4, -0.2) is 23.1 Å². The lowest BCUT2D eigenvalue weighted by atomic mass is 9.96. The van der Waals surface area contributed by atoms with Crippen molar-refractivity contribution >= 4 is 29.4 Å². The predicted octanol–water partition coefficient (Wildman–Crippen LogP) is 2.89. The maximum atomic E-state index is 13.5. The van der Waals surface area contributed by atoms with Gasteiger partial charge in [0.25, 0.3) is 5.56 Å². The van der Waals surface area contributed by atoms with Crippen LogP contribution in [0, 0.1) is 0 Å². The summed E-state index contributed by atoms with van der Waals surface area (Å²) in [6.07, 6.45) is 3.24. The number of fused-ring (bicyclic) bond motifs is 1. The quantitative estimate of drug-likeness (QED) is 0.312. The molecule has 172 valence electrons. The largest absolute Gasteiger partial charge is 0.458 e. The molecule has 34 heavy (non-hydrogen) atoms. The molecule has 1 unspecified atom stereocenters. The van der Waals surface area contributed by atoms with Crippen LogP contribution in [0.5, 0.6) is 5.75 Å². The minimum absolute atomic E-state index is 0.0604. The maximum Gasteiger partial charge on any atom is 0.338 e. The molecule has 0 fully saturated rings. The summed E-state index contributed by atoms with van der Waals surface area (Å²) in [4.78, 5) is 42.6. The van der Waals surface area contributed by atoms with E-state index in [-0.39, 0.29) is 12.2 Å². The third-order valence-electron chi connectivity index (χ3n) is 5.13. The molecule has 2 heterocycles. The first-order valence-electron chi connectivity index (χ1n) is 10.5. The van der Waals surface area contributed by atoms with Gasteiger partial charge in [-0.05, 0) is 36.3 Å². The van der Waals surface area contributed by atoms with Gasteiger partial charge in [0.15, 0.2) is 4.80 Å². The minimum atomic E-state index is -0.664. The monoisotopic (exact) mass is 474 g/mol. The minimum Gasteiger partial charge on any atom is -0.458 e. The highest BCUT2D eigenvalue weighted by Gasteiger charge is 2.33. The van der Waals surface area contributed by atoms with Crippen LogP contribution < -0.4 is 19.6 Å². The van der Waals surface area contributed by atoms with Crippen molar-refractivity contribution in [2.24, 2.45) is 4.99 Å².